The van der Waals surface area contributed by atoms with Crippen LogP contribution in [0.1, 0.15) is 41.3 Å². The van der Waals surface area contributed by atoms with Gasteiger partial charge in [-0.15, -0.1) is 0 Å². The number of aromatic hydroxyl groups is 1. The Morgan fingerprint density at radius 3 is 2.45 bits per heavy atom. The van der Waals surface area contributed by atoms with E-state index in [0.29, 0.717) is 24.1 Å². The summed E-state index contributed by atoms with van der Waals surface area (Å²) in [5, 5.41) is 33.1. The molecule has 0 bridgehead atoms. The van der Waals surface area contributed by atoms with Gasteiger partial charge in [0.2, 0.25) is 0 Å². The van der Waals surface area contributed by atoms with E-state index < -0.39 is 17.7 Å². The SMILES string of the molecule is Nc1ccc(C(O)NC2(C(=O)O)CC2Cc2ccccc2)cc1CCCc1ccc(O)cc1. The molecule has 1 fully saturated rings. The molecule has 6 nitrogen and oxygen atoms in total. The lowest BCUT2D eigenvalue weighted by molar-refractivity contribution is -0.142. The third-order valence-corrected chi connectivity index (χ3v) is 6.54. The van der Waals surface area contributed by atoms with Crippen LogP contribution in [0.2, 0.25) is 0 Å². The van der Waals surface area contributed by atoms with E-state index in [2.05, 4.69) is 5.32 Å². The fourth-order valence-electron chi connectivity index (χ4n) is 4.46. The highest BCUT2D eigenvalue weighted by atomic mass is 16.4. The molecule has 0 aliphatic heterocycles. The Balaban J connectivity index is 1.39. The number of anilines is 1. The lowest BCUT2D eigenvalue weighted by Crippen LogP contribution is -2.43. The Labute approximate surface area is 193 Å². The molecule has 3 atom stereocenters. The maximum Gasteiger partial charge on any atom is 0.324 e. The number of aliphatic hydroxyl groups is 1. The zero-order valence-electron chi connectivity index (χ0n) is 18.4. The number of carboxylic acid groups (broad SMARTS) is 1. The lowest BCUT2D eigenvalue weighted by atomic mass is 9.99. The molecule has 3 aromatic carbocycles. The molecule has 6 heteroatoms. The fraction of sp³-hybridized carbons (Fsp3) is 0.296. The first-order chi connectivity index (χ1) is 15.9. The summed E-state index contributed by atoms with van der Waals surface area (Å²) in [6, 6.07) is 22.3. The summed E-state index contributed by atoms with van der Waals surface area (Å²) in [4.78, 5) is 12.1. The topological polar surface area (TPSA) is 116 Å². The van der Waals surface area contributed by atoms with Gasteiger partial charge in [-0.25, -0.2) is 0 Å². The number of aliphatic hydroxyl groups excluding tert-OH is 1. The minimum atomic E-state index is -1.13. The van der Waals surface area contributed by atoms with E-state index in [-0.39, 0.29) is 11.7 Å². The van der Waals surface area contributed by atoms with Gasteiger partial charge in [0, 0.05) is 5.69 Å². The van der Waals surface area contributed by atoms with Crippen LogP contribution in [0.15, 0.2) is 72.8 Å². The number of hydrogen-bond donors (Lipinski definition) is 5. The van der Waals surface area contributed by atoms with Crippen LogP contribution in [0.5, 0.6) is 5.75 Å². The number of nitrogen functional groups attached to an aromatic ring is 1. The second-order valence-electron chi connectivity index (χ2n) is 8.89. The molecular weight excluding hydrogens is 416 g/mol. The Kier molecular flexibility index (Phi) is 6.67. The molecule has 33 heavy (non-hydrogen) atoms. The third kappa shape index (κ3) is 5.35. The monoisotopic (exact) mass is 446 g/mol. The molecule has 1 saturated carbocycles. The smallest absolute Gasteiger partial charge is 0.324 e. The Morgan fingerprint density at radius 1 is 1.03 bits per heavy atom. The molecule has 0 aromatic heterocycles. The molecule has 0 radical (unpaired) electrons. The molecule has 1 aliphatic carbocycles. The summed E-state index contributed by atoms with van der Waals surface area (Å²) in [5.74, 6) is -0.768. The van der Waals surface area contributed by atoms with Crippen molar-refractivity contribution in [1.82, 2.24) is 5.32 Å². The zero-order chi connectivity index (χ0) is 23.4. The summed E-state index contributed by atoms with van der Waals surface area (Å²) >= 11 is 0. The molecule has 0 amide bonds. The van der Waals surface area contributed by atoms with E-state index in [4.69, 9.17) is 5.73 Å². The number of hydrogen-bond acceptors (Lipinski definition) is 5. The van der Waals surface area contributed by atoms with Gasteiger partial charge < -0.3 is 21.1 Å². The average Bonchev–Trinajstić information content (AvgIpc) is 3.50. The van der Waals surface area contributed by atoms with Crippen LogP contribution in [0.25, 0.3) is 0 Å². The van der Waals surface area contributed by atoms with Gasteiger partial charge >= 0.3 is 5.97 Å². The standard InChI is InChI=1S/C27H30N2O4/c28-24-14-11-21(16-20(24)8-4-7-18-9-12-23(30)13-10-18)25(31)29-27(26(32)33)17-22(27)15-19-5-2-1-3-6-19/h1-3,5-6,9-14,16,22,25,29-31H,4,7-8,15,17,28H2,(H,32,33). The number of benzene rings is 3. The summed E-state index contributed by atoms with van der Waals surface area (Å²) in [5.41, 5.74) is 9.43. The molecule has 0 saturated heterocycles. The molecule has 6 N–H and O–H groups in total. The first-order valence-corrected chi connectivity index (χ1v) is 11.3. The van der Waals surface area contributed by atoms with Crippen LogP contribution < -0.4 is 11.1 Å². The van der Waals surface area contributed by atoms with E-state index in [1.165, 1.54) is 0 Å². The Hall–Kier alpha value is -3.35. The van der Waals surface area contributed by atoms with Gasteiger partial charge in [0.15, 0.2) is 0 Å². The molecule has 3 aromatic rings. The van der Waals surface area contributed by atoms with E-state index in [1.807, 2.05) is 48.5 Å². The van der Waals surface area contributed by atoms with Crippen molar-refractivity contribution in [2.75, 3.05) is 5.73 Å². The van der Waals surface area contributed by atoms with Crippen LogP contribution in [-0.4, -0.2) is 26.8 Å². The van der Waals surface area contributed by atoms with E-state index >= 15 is 0 Å². The highest BCUT2D eigenvalue weighted by Gasteiger charge is 2.60. The Bertz CT molecular complexity index is 1100. The van der Waals surface area contributed by atoms with Crippen LogP contribution in [0, 0.1) is 5.92 Å². The van der Waals surface area contributed by atoms with Crippen molar-refractivity contribution in [3.63, 3.8) is 0 Å². The number of carbonyl (C=O) groups is 1. The van der Waals surface area contributed by atoms with Gasteiger partial charge in [-0.2, -0.15) is 0 Å². The molecule has 3 unspecified atom stereocenters. The molecule has 0 heterocycles. The van der Waals surface area contributed by atoms with Gasteiger partial charge in [0.05, 0.1) is 0 Å². The maximum absolute atomic E-state index is 12.1. The maximum atomic E-state index is 12.1. The van der Waals surface area contributed by atoms with Gasteiger partial charge in [-0.1, -0.05) is 48.5 Å². The number of nitrogens with one attached hydrogen (secondary N) is 1. The number of aryl methyl sites for hydroxylation is 2. The van der Waals surface area contributed by atoms with Crippen molar-refractivity contribution < 1.29 is 20.1 Å². The number of rotatable bonds is 10. The largest absolute Gasteiger partial charge is 0.508 e. The minimum absolute atomic E-state index is 0.0781. The second kappa shape index (κ2) is 9.65. The van der Waals surface area contributed by atoms with Gasteiger partial charge in [0.25, 0.3) is 0 Å². The summed E-state index contributed by atoms with van der Waals surface area (Å²) in [6.07, 6.45) is 2.46. The van der Waals surface area contributed by atoms with Crippen molar-refractivity contribution in [2.45, 2.75) is 43.9 Å². The fourth-order valence-corrected chi connectivity index (χ4v) is 4.46. The molecule has 4 rings (SSSR count). The van der Waals surface area contributed by atoms with Gasteiger partial charge in [-0.3, -0.25) is 10.1 Å². The number of phenolic OH excluding ortho intramolecular Hbond substituents is 1. The minimum Gasteiger partial charge on any atom is -0.508 e. The summed E-state index contributed by atoms with van der Waals surface area (Å²) in [6.45, 7) is 0. The average molecular weight is 447 g/mol. The first-order valence-electron chi connectivity index (χ1n) is 11.3. The Morgan fingerprint density at radius 2 is 1.76 bits per heavy atom. The lowest BCUT2D eigenvalue weighted by Gasteiger charge is -2.21. The highest BCUT2D eigenvalue weighted by Crippen LogP contribution is 2.47. The number of nitrogens with two attached hydrogens (primary N) is 1. The van der Waals surface area contributed by atoms with Gasteiger partial charge in [-0.05, 0) is 84.5 Å². The molecule has 0 spiro atoms. The normalized spacial score (nSPS) is 20.3. The van der Waals surface area contributed by atoms with Crippen LogP contribution in [0.4, 0.5) is 5.69 Å². The van der Waals surface area contributed by atoms with Crippen molar-refractivity contribution >= 4 is 11.7 Å². The summed E-state index contributed by atoms with van der Waals surface area (Å²) in [7, 11) is 0. The molecule has 172 valence electrons. The quantitative estimate of drug-likeness (QED) is 0.239. The number of carboxylic acids is 1. The second-order valence-corrected chi connectivity index (χ2v) is 8.89. The number of phenols is 1. The highest BCUT2D eigenvalue weighted by molar-refractivity contribution is 5.83. The predicted molar refractivity (Wildman–Crippen MR) is 128 cm³/mol. The van der Waals surface area contributed by atoms with Gasteiger partial charge in [0.1, 0.15) is 17.5 Å². The first kappa shape index (κ1) is 22.8. The van der Waals surface area contributed by atoms with E-state index in [0.717, 1.165) is 36.0 Å². The molecule has 1 aliphatic rings. The van der Waals surface area contributed by atoms with E-state index in [1.54, 1.807) is 24.3 Å². The van der Waals surface area contributed by atoms with Crippen molar-refractivity contribution in [1.29, 1.82) is 0 Å². The van der Waals surface area contributed by atoms with Crippen LogP contribution >= 0.6 is 0 Å². The van der Waals surface area contributed by atoms with Crippen molar-refractivity contribution in [3.05, 3.63) is 95.1 Å². The molecular formula is C27H30N2O4. The van der Waals surface area contributed by atoms with Crippen LogP contribution in [0.3, 0.4) is 0 Å². The van der Waals surface area contributed by atoms with Crippen molar-refractivity contribution in [2.24, 2.45) is 5.92 Å². The predicted octanol–water partition coefficient (Wildman–Crippen LogP) is 3.82. The summed E-state index contributed by atoms with van der Waals surface area (Å²) < 4.78 is 0. The van der Waals surface area contributed by atoms with E-state index in [9.17, 15) is 20.1 Å². The number of aliphatic carboxylic acids is 1. The third-order valence-electron chi connectivity index (χ3n) is 6.54. The van der Waals surface area contributed by atoms with Crippen LogP contribution in [-0.2, 0) is 24.1 Å². The zero-order valence-corrected chi connectivity index (χ0v) is 18.4. The van der Waals surface area contributed by atoms with Crippen molar-refractivity contribution in [3.8, 4) is 5.75 Å².